The molecule has 0 amide bonds. The fraction of sp³-hybridized carbons (Fsp3) is 0.538. The Labute approximate surface area is 115 Å². The first-order valence-corrected chi connectivity index (χ1v) is 7.18. The third-order valence-electron chi connectivity index (χ3n) is 3.74. The zero-order valence-electron chi connectivity index (χ0n) is 10.1. The lowest BCUT2D eigenvalue weighted by molar-refractivity contribution is 0.326. The van der Waals surface area contributed by atoms with Crippen molar-refractivity contribution in [3.05, 3.63) is 22.4 Å². The van der Waals surface area contributed by atoms with Crippen LogP contribution in [0.1, 0.15) is 19.3 Å². The molecule has 1 aromatic rings. The lowest BCUT2D eigenvalue weighted by atomic mass is 10.2. The van der Waals surface area contributed by atoms with Crippen molar-refractivity contribution >= 4 is 27.3 Å². The Morgan fingerprint density at radius 1 is 1.33 bits per heavy atom. The van der Waals surface area contributed by atoms with Crippen molar-refractivity contribution < 1.29 is 4.39 Å². The summed E-state index contributed by atoms with van der Waals surface area (Å²) in [4.78, 5) is 2.52. The first-order valence-electron chi connectivity index (χ1n) is 6.38. The smallest absolute Gasteiger partial charge is 0.139 e. The Morgan fingerprint density at radius 3 is 2.83 bits per heavy atom. The summed E-state index contributed by atoms with van der Waals surface area (Å²) < 4.78 is 13.9. The molecule has 3 nitrogen and oxygen atoms in total. The third kappa shape index (κ3) is 2.47. The van der Waals surface area contributed by atoms with Crippen molar-refractivity contribution in [3.8, 4) is 0 Å². The molecular formula is C13H17BrFN3. The molecule has 0 radical (unpaired) electrons. The van der Waals surface area contributed by atoms with Crippen molar-refractivity contribution in [2.45, 2.75) is 31.3 Å². The van der Waals surface area contributed by atoms with Gasteiger partial charge in [-0.2, -0.15) is 0 Å². The monoisotopic (exact) mass is 313 g/mol. The molecule has 1 aromatic carbocycles. The lowest BCUT2D eigenvalue weighted by Crippen LogP contribution is -2.28. The maximum absolute atomic E-state index is 13.5. The van der Waals surface area contributed by atoms with Gasteiger partial charge in [-0.3, -0.25) is 4.90 Å². The summed E-state index contributed by atoms with van der Waals surface area (Å²) >= 11 is 3.14. The van der Waals surface area contributed by atoms with Crippen molar-refractivity contribution in [2.75, 3.05) is 24.1 Å². The fourth-order valence-electron chi connectivity index (χ4n) is 2.58. The molecule has 1 unspecified atom stereocenters. The quantitative estimate of drug-likeness (QED) is 0.843. The molecule has 1 saturated heterocycles. The number of nitrogens with one attached hydrogen (secondary N) is 1. The summed E-state index contributed by atoms with van der Waals surface area (Å²) in [7, 11) is 0. The Morgan fingerprint density at radius 2 is 2.11 bits per heavy atom. The van der Waals surface area contributed by atoms with E-state index < -0.39 is 0 Å². The van der Waals surface area contributed by atoms with Crippen molar-refractivity contribution in [2.24, 2.45) is 0 Å². The Kier molecular flexibility index (Phi) is 3.20. The molecule has 98 valence electrons. The topological polar surface area (TPSA) is 41.3 Å². The van der Waals surface area contributed by atoms with Gasteiger partial charge in [0.1, 0.15) is 5.82 Å². The van der Waals surface area contributed by atoms with Gasteiger partial charge in [-0.05, 0) is 41.3 Å². The second-order valence-corrected chi connectivity index (χ2v) is 6.06. The van der Waals surface area contributed by atoms with Crippen LogP contribution in [-0.4, -0.2) is 30.1 Å². The van der Waals surface area contributed by atoms with E-state index in [2.05, 4.69) is 26.1 Å². The molecule has 3 rings (SSSR count). The molecular weight excluding hydrogens is 297 g/mol. The average Bonchev–Trinajstić information content (AvgIpc) is 3.07. The van der Waals surface area contributed by atoms with Gasteiger partial charge in [0.15, 0.2) is 0 Å². The Hall–Kier alpha value is -0.810. The number of likely N-dealkylation sites (tertiary alicyclic amines) is 1. The highest BCUT2D eigenvalue weighted by molar-refractivity contribution is 9.10. The molecule has 1 saturated carbocycles. The summed E-state index contributed by atoms with van der Waals surface area (Å²) in [5.74, 6) is -0.274. The maximum atomic E-state index is 13.5. The second kappa shape index (κ2) is 4.70. The number of nitrogens with two attached hydrogens (primary N) is 1. The van der Waals surface area contributed by atoms with E-state index in [1.807, 2.05) is 0 Å². The minimum absolute atomic E-state index is 0.274. The average molecular weight is 314 g/mol. The molecule has 3 N–H and O–H groups in total. The first kappa shape index (κ1) is 12.2. The summed E-state index contributed by atoms with van der Waals surface area (Å²) in [6.45, 7) is 2.18. The zero-order valence-corrected chi connectivity index (χ0v) is 11.7. The molecule has 1 aliphatic carbocycles. The first-order chi connectivity index (χ1) is 8.63. The van der Waals surface area contributed by atoms with Crippen molar-refractivity contribution in [1.82, 2.24) is 4.90 Å². The molecule has 0 aromatic heterocycles. The van der Waals surface area contributed by atoms with Gasteiger partial charge in [-0.1, -0.05) is 0 Å². The van der Waals surface area contributed by atoms with Gasteiger partial charge in [0, 0.05) is 31.2 Å². The summed E-state index contributed by atoms with van der Waals surface area (Å²) in [5.41, 5.74) is 7.20. The van der Waals surface area contributed by atoms with Crippen LogP contribution >= 0.6 is 15.9 Å². The molecule has 18 heavy (non-hydrogen) atoms. The van der Waals surface area contributed by atoms with Gasteiger partial charge in [-0.25, -0.2) is 4.39 Å². The molecule has 2 aliphatic rings. The number of hydrogen-bond acceptors (Lipinski definition) is 3. The van der Waals surface area contributed by atoms with E-state index in [9.17, 15) is 4.39 Å². The van der Waals surface area contributed by atoms with Crippen LogP contribution in [-0.2, 0) is 0 Å². The van der Waals surface area contributed by atoms with Crippen LogP contribution in [0.15, 0.2) is 16.6 Å². The van der Waals surface area contributed by atoms with Crippen LogP contribution in [0.4, 0.5) is 15.8 Å². The van der Waals surface area contributed by atoms with Crippen LogP contribution in [0.3, 0.4) is 0 Å². The molecule has 0 bridgehead atoms. The standard InChI is InChI=1S/C13H17BrFN3/c14-10-5-12(16)13(6-11(10)15)17-8-3-4-18(7-8)9-1-2-9/h5-6,8-9,17H,1-4,7,16H2. The largest absolute Gasteiger partial charge is 0.397 e. The minimum Gasteiger partial charge on any atom is -0.397 e. The highest BCUT2D eigenvalue weighted by atomic mass is 79.9. The summed E-state index contributed by atoms with van der Waals surface area (Å²) in [6.07, 6.45) is 3.77. The van der Waals surface area contributed by atoms with Crippen LogP contribution < -0.4 is 11.1 Å². The number of halogens is 2. The number of benzene rings is 1. The van der Waals surface area contributed by atoms with Crippen LogP contribution in [0.2, 0.25) is 0 Å². The van der Waals surface area contributed by atoms with Crippen molar-refractivity contribution in [3.63, 3.8) is 0 Å². The SMILES string of the molecule is Nc1cc(Br)c(F)cc1NC1CCN(C2CC2)C1. The van der Waals surface area contributed by atoms with Gasteiger partial charge in [-0.15, -0.1) is 0 Å². The third-order valence-corrected chi connectivity index (χ3v) is 4.34. The van der Waals surface area contributed by atoms with Crippen LogP contribution in [0, 0.1) is 5.82 Å². The number of hydrogen-bond donors (Lipinski definition) is 2. The summed E-state index contributed by atoms with van der Waals surface area (Å²) in [5, 5.41) is 3.36. The highest BCUT2D eigenvalue weighted by Gasteiger charge is 2.34. The normalized spacial score (nSPS) is 24.4. The molecule has 0 spiro atoms. The van der Waals surface area contributed by atoms with E-state index in [0.717, 1.165) is 25.6 Å². The van der Waals surface area contributed by atoms with Crippen LogP contribution in [0.5, 0.6) is 0 Å². The number of anilines is 2. The minimum atomic E-state index is -0.274. The number of nitrogens with zero attached hydrogens (tertiary/aromatic N) is 1. The van der Waals surface area contributed by atoms with Crippen LogP contribution in [0.25, 0.3) is 0 Å². The zero-order chi connectivity index (χ0) is 12.7. The number of rotatable bonds is 3. The maximum Gasteiger partial charge on any atom is 0.139 e. The van der Waals surface area contributed by atoms with E-state index in [4.69, 9.17) is 5.73 Å². The van der Waals surface area contributed by atoms with Gasteiger partial charge in [0.25, 0.3) is 0 Å². The molecule has 2 fully saturated rings. The van der Waals surface area contributed by atoms with Gasteiger partial charge in [0.2, 0.25) is 0 Å². The van der Waals surface area contributed by atoms with E-state index in [-0.39, 0.29) is 5.82 Å². The predicted octanol–water partition coefficient (Wildman–Crippen LogP) is 2.82. The van der Waals surface area contributed by atoms with Gasteiger partial charge >= 0.3 is 0 Å². The second-order valence-electron chi connectivity index (χ2n) is 5.21. The van der Waals surface area contributed by atoms with E-state index in [0.29, 0.717) is 21.9 Å². The van der Waals surface area contributed by atoms with E-state index in [1.165, 1.54) is 18.9 Å². The van der Waals surface area contributed by atoms with Gasteiger partial charge < -0.3 is 11.1 Å². The summed E-state index contributed by atoms with van der Waals surface area (Å²) in [6, 6.07) is 4.27. The fourth-order valence-corrected chi connectivity index (χ4v) is 2.94. The Bertz CT molecular complexity index is 462. The van der Waals surface area contributed by atoms with E-state index in [1.54, 1.807) is 6.07 Å². The van der Waals surface area contributed by atoms with E-state index >= 15 is 0 Å². The van der Waals surface area contributed by atoms with Crippen molar-refractivity contribution in [1.29, 1.82) is 0 Å². The lowest BCUT2D eigenvalue weighted by Gasteiger charge is -2.18. The molecule has 5 heteroatoms. The predicted molar refractivity (Wildman–Crippen MR) is 75.1 cm³/mol. The molecule has 1 atom stereocenters. The van der Waals surface area contributed by atoms with Gasteiger partial charge in [0.05, 0.1) is 15.8 Å². The highest BCUT2D eigenvalue weighted by Crippen LogP contribution is 2.32. The number of nitrogen functional groups attached to an aromatic ring is 1. The molecule has 1 aliphatic heterocycles. The molecule has 1 heterocycles. The Balaban J connectivity index is 1.67.